The van der Waals surface area contributed by atoms with Crippen molar-refractivity contribution in [2.75, 3.05) is 11.9 Å². The van der Waals surface area contributed by atoms with Crippen molar-refractivity contribution >= 4 is 29.4 Å². The second-order valence-corrected chi connectivity index (χ2v) is 6.83. The van der Waals surface area contributed by atoms with Gasteiger partial charge in [-0.2, -0.15) is 0 Å². The van der Waals surface area contributed by atoms with Crippen LogP contribution in [0, 0.1) is 6.92 Å². The highest BCUT2D eigenvalue weighted by Gasteiger charge is 2.37. The first-order chi connectivity index (χ1) is 13.8. The first-order valence-electron chi connectivity index (χ1n) is 9.37. The van der Waals surface area contributed by atoms with Gasteiger partial charge in [0.2, 0.25) is 0 Å². The third-order valence-corrected chi connectivity index (χ3v) is 4.83. The number of nitrogens with one attached hydrogen (secondary N) is 1. The predicted molar refractivity (Wildman–Crippen MR) is 107 cm³/mol. The quantitative estimate of drug-likeness (QED) is 0.601. The van der Waals surface area contributed by atoms with Crippen LogP contribution in [0.2, 0.25) is 0 Å². The smallest absolute Gasteiger partial charge is 0.326 e. The van der Waals surface area contributed by atoms with Crippen LogP contribution in [-0.4, -0.2) is 41.2 Å². The molecule has 1 N–H and O–H groups in total. The molecule has 3 rings (SSSR count). The van der Waals surface area contributed by atoms with Gasteiger partial charge in [0.25, 0.3) is 17.7 Å². The van der Waals surface area contributed by atoms with E-state index >= 15 is 0 Å². The van der Waals surface area contributed by atoms with Gasteiger partial charge >= 0.3 is 5.97 Å². The van der Waals surface area contributed by atoms with E-state index in [0.717, 1.165) is 22.4 Å². The van der Waals surface area contributed by atoms with Crippen LogP contribution in [0.4, 0.5) is 5.69 Å². The van der Waals surface area contributed by atoms with Crippen LogP contribution in [0.3, 0.4) is 0 Å². The fourth-order valence-corrected chi connectivity index (χ4v) is 3.23. The lowest BCUT2D eigenvalue weighted by molar-refractivity contribution is -0.153. The number of benzene rings is 2. The van der Waals surface area contributed by atoms with E-state index in [1.165, 1.54) is 19.1 Å². The Morgan fingerprint density at radius 2 is 1.66 bits per heavy atom. The highest BCUT2D eigenvalue weighted by Crippen LogP contribution is 2.23. The van der Waals surface area contributed by atoms with Crippen molar-refractivity contribution in [3.05, 3.63) is 64.7 Å². The second kappa shape index (κ2) is 8.26. The number of hydrogen-bond acceptors (Lipinski definition) is 5. The van der Waals surface area contributed by atoms with E-state index in [2.05, 4.69) is 5.32 Å². The van der Waals surface area contributed by atoms with Crippen LogP contribution < -0.4 is 5.32 Å². The number of nitrogens with zero attached hydrogens (tertiary/aromatic N) is 1. The number of carbonyl (C=O) groups excluding carboxylic acids is 4. The minimum Gasteiger partial charge on any atom is -0.451 e. The standard InChI is InChI=1S/C22H22N2O5/c1-4-15-9-7-8-13(2)19(15)23-20(26)14(3)29-18(25)12-24-21(27)16-10-5-6-11-17(16)22(24)28/h5-11,14H,4,12H2,1-3H3,(H,23,26). The maximum absolute atomic E-state index is 12.5. The summed E-state index contributed by atoms with van der Waals surface area (Å²) in [7, 11) is 0. The summed E-state index contributed by atoms with van der Waals surface area (Å²) in [4.78, 5) is 50.2. The van der Waals surface area contributed by atoms with Crippen LogP contribution in [0.5, 0.6) is 0 Å². The largest absolute Gasteiger partial charge is 0.451 e. The van der Waals surface area contributed by atoms with Crippen LogP contribution in [-0.2, 0) is 20.7 Å². The molecule has 0 aromatic heterocycles. The Hall–Kier alpha value is -3.48. The number of fused-ring (bicyclic) bond motifs is 1. The lowest BCUT2D eigenvalue weighted by atomic mass is 10.1. The third kappa shape index (κ3) is 4.03. The van der Waals surface area contributed by atoms with Crippen LogP contribution in [0.1, 0.15) is 45.7 Å². The molecule has 0 bridgehead atoms. The summed E-state index contributed by atoms with van der Waals surface area (Å²) in [5.74, 6) is -2.41. The number of esters is 1. The highest BCUT2D eigenvalue weighted by atomic mass is 16.5. The zero-order valence-corrected chi connectivity index (χ0v) is 16.5. The van der Waals surface area contributed by atoms with Crippen molar-refractivity contribution in [2.24, 2.45) is 0 Å². The molecule has 29 heavy (non-hydrogen) atoms. The number of amides is 3. The Bertz CT molecular complexity index is 963. The van der Waals surface area contributed by atoms with Crippen molar-refractivity contribution < 1.29 is 23.9 Å². The van der Waals surface area contributed by atoms with E-state index in [1.807, 2.05) is 32.0 Å². The first kappa shape index (κ1) is 20.3. The zero-order chi connectivity index (χ0) is 21.1. The van der Waals surface area contributed by atoms with Gasteiger partial charge in [0.1, 0.15) is 6.54 Å². The number of para-hydroxylation sites is 1. The lowest BCUT2D eigenvalue weighted by Crippen LogP contribution is -2.38. The maximum Gasteiger partial charge on any atom is 0.326 e. The molecular weight excluding hydrogens is 372 g/mol. The normalized spacial score (nSPS) is 13.8. The molecular formula is C22H22N2O5. The maximum atomic E-state index is 12.5. The van der Waals surface area contributed by atoms with Crippen LogP contribution in [0.15, 0.2) is 42.5 Å². The van der Waals surface area contributed by atoms with Gasteiger partial charge in [0.05, 0.1) is 11.1 Å². The summed E-state index contributed by atoms with van der Waals surface area (Å²) in [5, 5.41) is 2.80. The molecule has 1 unspecified atom stereocenters. The van der Waals surface area contributed by atoms with Crippen molar-refractivity contribution in [1.29, 1.82) is 0 Å². The van der Waals surface area contributed by atoms with Crippen molar-refractivity contribution in [1.82, 2.24) is 4.90 Å². The molecule has 1 heterocycles. The molecule has 0 saturated heterocycles. The average molecular weight is 394 g/mol. The Morgan fingerprint density at radius 1 is 1.03 bits per heavy atom. The predicted octanol–water partition coefficient (Wildman–Crippen LogP) is 2.72. The molecule has 1 aliphatic heterocycles. The number of hydrogen-bond donors (Lipinski definition) is 1. The van der Waals surface area contributed by atoms with Gasteiger partial charge in [-0.25, -0.2) is 0 Å². The van der Waals surface area contributed by atoms with Crippen LogP contribution >= 0.6 is 0 Å². The molecule has 0 radical (unpaired) electrons. The van der Waals surface area contributed by atoms with Crippen molar-refractivity contribution in [3.8, 4) is 0 Å². The van der Waals surface area contributed by atoms with Gasteiger partial charge in [-0.05, 0) is 43.5 Å². The van der Waals surface area contributed by atoms with E-state index in [9.17, 15) is 19.2 Å². The molecule has 2 aromatic rings. The monoisotopic (exact) mass is 394 g/mol. The molecule has 1 aliphatic rings. The minimum atomic E-state index is -1.08. The summed E-state index contributed by atoms with van der Waals surface area (Å²) in [6.07, 6.45) is -0.340. The van der Waals surface area contributed by atoms with Crippen LogP contribution in [0.25, 0.3) is 0 Å². The number of aryl methyl sites for hydroxylation is 2. The average Bonchev–Trinajstić information content (AvgIpc) is 2.94. The summed E-state index contributed by atoms with van der Waals surface area (Å²) < 4.78 is 5.16. The number of anilines is 1. The van der Waals surface area contributed by atoms with Gasteiger partial charge in [-0.15, -0.1) is 0 Å². The molecule has 2 aromatic carbocycles. The Balaban J connectivity index is 1.62. The molecule has 0 aliphatic carbocycles. The fraction of sp³-hybridized carbons (Fsp3) is 0.273. The van der Waals surface area contributed by atoms with Crippen molar-refractivity contribution in [3.63, 3.8) is 0 Å². The number of imide groups is 1. The molecule has 7 heteroatoms. The Morgan fingerprint density at radius 3 is 2.24 bits per heavy atom. The van der Waals surface area contributed by atoms with E-state index < -0.39 is 36.3 Å². The van der Waals surface area contributed by atoms with Crippen molar-refractivity contribution in [2.45, 2.75) is 33.3 Å². The minimum absolute atomic E-state index is 0.253. The number of ether oxygens (including phenoxy) is 1. The first-order valence-corrected chi connectivity index (χ1v) is 9.37. The summed E-state index contributed by atoms with van der Waals surface area (Å²) >= 11 is 0. The molecule has 7 nitrogen and oxygen atoms in total. The van der Waals surface area contributed by atoms with E-state index in [0.29, 0.717) is 5.69 Å². The Kier molecular flexibility index (Phi) is 5.77. The molecule has 1 atom stereocenters. The van der Waals surface area contributed by atoms with E-state index in [1.54, 1.807) is 12.1 Å². The summed E-state index contributed by atoms with van der Waals surface area (Å²) in [5.41, 5.74) is 3.08. The van der Waals surface area contributed by atoms with E-state index in [-0.39, 0.29) is 11.1 Å². The third-order valence-electron chi connectivity index (χ3n) is 4.83. The molecule has 0 saturated carbocycles. The zero-order valence-electron chi connectivity index (χ0n) is 16.5. The molecule has 0 fully saturated rings. The van der Waals surface area contributed by atoms with Gasteiger partial charge in [-0.3, -0.25) is 24.1 Å². The highest BCUT2D eigenvalue weighted by molar-refractivity contribution is 6.22. The van der Waals surface area contributed by atoms with Gasteiger partial charge in [0, 0.05) is 5.69 Å². The second-order valence-electron chi connectivity index (χ2n) is 6.83. The Labute approximate surface area is 168 Å². The number of rotatable bonds is 6. The SMILES string of the molecule is CCc1cccc(C)c1NC(=O)C(C)OC(=O)CN1C(=O)c2ccccc2C1=O. The molecule has 150 valence electrons. The van der Waals surface area contributed by atoms with Gasteiger partial charge in [-0.1, -0.05) is 37.3 Å². The topological polar surface area (TPSA) is 92.8 Å². The summed E-state index contributed by atoms with van der Waals surface area (Å²) in [6.45, 7) is 4.76. The van der Waals surface area contributed by atoms with E-state index in [4.69, 9.17) is 4.74 Å². The molecule has 0 spiro atoms. The fourth-order valence-electron chi connectivity index (χ4n) is 3.23. The van der Waals surface area contributed by atoms with Gasteiger partial charge < -0.3 is 10.1 Å². The number of carbonyl (C=O) groups is 4. The summed E-state index contributed by atoms with van der Waals surface area (Å²) in [6, 6.07) is 12.1. The molecule has 3 amide bonds. The lowest BCUT2D eigenvalue weighted by Gasteiger charge is -2.18. The van der Waals surface area contributed by atoms with Gasteiger partial charge in [0.15, 0.2) is 6.10 Å².